The fraction of sp³-hybridized carbons (Fsp3) is 0.333. The van der Waals surface area contributed by atoms with E-state index in [1.165, 1.54) is 6.92 Å². The van der Waals surface area contributed by atoms with Crippen LogP contribution in [-0.4, -0.2) is 23.0 Å². The lowest BCUT2D eigenvalue weighted by Crippen LogP contribution is -2.52. The third-order valence-corrected chi connectivity index (χ3v) is 2.56. The molecule has 0 radical (unpaired) electrons. The van der Waals surface area contributed by atoms with Crippen molar-refractivity contribution in [2.75, 3.05) is 0 Å². The molecule has 1 amide bonds. The van der Waals surface area contributed by atoms with Crippen molar-refractivity contribution in [3.8, 4) is 0 Å². The van der Waals surface area contributed by atoms with E-state index in [1.807, 2.05) is 6.07 Å². The van der Waals surface area contributed by atoms with Crippen LogP contribution in [0.2, 0.25) is 0 Å². The highest BCUT2D eigenvalue weighted by Crippen LogP contribution is 2.17. The zero-order valence-electron chi connectivity index (χ0n) is 9.81. The van der Waals surface area contributed by atoms with Crippen LogP contribution >= 0.6 is 0 Å². The highest BCUT2D eigenvalue weighted by Gasteiger charge is 2.32. The maximum Gasteiger partial charge on any atom is 0.325 e. The summed E-state index contributed by atoms with van der Waals surface area (Å²) in [6.45, 7) is 2.94. The summed E-state index contributed by atoms with van der Waals surface area (Å²) >= 11 is 0. The summed E-state index contributed by atoms with van der Waals surface area (Å²) in [5, 5.41) is 11.1. The molecule has 4 N–H and O–H groups in total. The lowest BCUT2D eigenvalue weighted by Gasteiger charge is -2.25. The molecular weight excluding hydrogens is 220 g/mol. The van der Waals surface area contributed by atoms with Crippen molar-refractivity contribution < 1.29 is 14.7 Å². The molecule has 0 spiro atoms. The Morgan fingerprint density at radius 1 is 1.35 bits per heavy atom. The molecule has 0 aliphatic carbocycles. The topological polar surface area (TPSA) is 92.4 Å². The van der Waals surface area contributed by atoms with Gasteiger partial charge in [0.15, 0.2) is 0 Å². The zero-order valence-corrected chi connectivity index (χ0v) is 9.81. The molecule has 0 saturated carbocycles. The van der Waals surface area contributed by atoms with Crippen molar-refractivity contribution in [2.45, 2.75) is 25.4 Å². The zero-order chi connectivity index (χ0) is 13.1. The van der Waals surface area contributed by atoms with E-state index in [1.54, 1.807) is 31.2 Å². The third-order valence-electron chi connectivity index (χ3n) is 2.56. The van der Waals surface area contributed by atoms with Crippen LogP contribution < -0.4 is 11.1 Å². The van der Waals surface area contributed by atoms with Crippen molar-refractivity contribution in [1.82, 2.24) is 5.32 Å². The summed E-state index contributed by atoms with van der Waals surface area (Å²) in [6.07, 6.45) is 0. The molecular formula is C12H16N2O3. The Morgan fingerprint density at radius 3 is 2.35 bits per heavy atom. The SMILES string of the molecule is C[C@H](NC(=O)C(C)(N)c1ccccc1)C(=O)O. The number of hydrogen-bond donors (Lipinski definition) is 3. The molecule has 1 unspecified atom stereocenters. The van der Waals surface area contributed by atoms with Gasteiger partial charge in [-0.1, -0.05) is 30.3 Å². The molecule has 92 valence electrons. The number of benzene rings is 1. The van der Waals surface area contributed by atoms with E-state index < -0.39 is 23.5 Å². The van der Waals surface area contributed by atoms with Crippen molar-refractivity contribution in [2.24, 2.45) is 5.73 Å². The summed E-state index contributed by atoms with van der Waals surface area (Å²) < 4.78 is 0. The van der Waals surface area contributed by atoms with Gasteiger partial charge in [0.25, 0.3) is 0 Å². The first kappa shape index (κ1) is 13.2. The van der Waals surface area contributed by atoms with Gasteiger partial charge >= 0.3 is 5.97 Å². The van der Waals surface area contributed by atoms with E-state index in [2.05, 4.69) is 5.32 Å². The normalized spacial score (nSPS) is 15.7. The van der Waals surface area contributed by atoms with Crippen LogP contribution in [0.1, 0.15) is 19.4 Å². The van der Waals surface area contributed by atoms with E-state index >= 15 is 0 Å². The summed E-state index contributed by atoms with van der Waals surface area (Å²) in [4.78, 5) is 22.5. The van der Waals surface area contributed by atoms with Gasteiger partial charge in [0.05, 0.1) is 0 Å². The van der Waals surface area contributed by atoms with E-state index in [-0.39, 0.29) is 0 Å². The first-order chi connectivity index (χ1) is 7.85. The fourth-order valence-electron chi connectivity index (χ4n) is 1.32. The summed E-state index contributed by atoms with van der Waals surface area (Å²) in [5.41, 5.74) is 5.31. The quantitative estimate of drug-likeness (QED) is 0.707. The van der Waals surface area contributed by atoms with Crippen molar-refractivity contribution in [3.63, 3.8) is 0 Å². The minimum Gasteiger partial charge on any atom is -0.480 e. The number of carboxylic acids is 1. The second kappa shape index (κ2) is 4.97. The Hall–Kier alpha value is -1.88. The van der Waals surface area contributed by atoms with Crippen molar-refractivity contribution >= 4 is 11.9 Å². The van der Waals surface area contributed by atoms with Crippen LogP contribution in [0.5, 0.6) is 0 Å². The Morgan fingerprint density at radius 2 is 1.88 bits per heavy atom. The highest BCUT2D eigenvalue weighted by molar-refractivity contribution is 5.90. The number of hydrogen-bond acceptors (Lipinski definition) is 3. The van der Waals surface area contributed by atoms with Gasteiger partial charge in [-0.2, -0.15) is 0 Å². The van der Waals surface area contributed by atoms with Gasteiger partial charge < -0.3 is 16.2 Å². The van der Waals surface area contributed by atoms with Gasteiger partial charge in [-0.15, -0.1) is 0 Å². The van der Waals surface area contributed by atoms with Crippen LogP contribution in [0.3, 0.4) is 0 Å². The van der Waals surface area contributed by atoms with E-state index in [0.29, 0.717) is 5.56 Å². The maximum atomic E-state index is 11.9. The summed E-state index contributed by atoms with van der Waals surface area (Å²) in [6, 6.07) is 7.85. The molecule has 17 heavy (non-hydrogen) atoms. The largest absolute Gasteiger partial charge is 0.480 e. The third kappa shape index (κ3) is 3.04. The number of aliphatic carboxylic acids is 1. The fourth-order valence-corrected chi connectivity index (χ4v) is 1.32. The summed E-state index contributed by atoms with van der Waals surface area (Å²) in [5.74, 6) is -1.61. The van der Waals surface area contributed by atoms with Crippen LogP contribution in [-0.2, 0) is 15.1 Å². The number of rotatable bonds is 4. The molecule has 0 aliphatic heterocycles. The van der Waals surface area contributed by atoms with Gasteiger partial charge in [0, 0.05) is 0 Å². The number of nitrogens with two attached hydrogens (primary N) is 1. The highest BCUT2D eigenvalue weighted by atomic mass is 16.4. The monoisotopic (exact) mass is 236 g/mol. The number of amides is 1. The molecule has 1 aromatic rings. The number of carboxylic acid groups (broad SMARTS) is 1. The van der Waals surface area contributed by atoms with Crippen LogP contribution in [0.15, 0.2) is 30.3 Å². The average molecular weight is 236 g/mol. The van der Waals surface area contributed by atoms with E-state index in [4.69, 9.17) is 10.8 Å². The van der Waals surface area contributed by atoms with Gasteiger partial charge in [0.1, 0.15) is 11.6 Å². The molecule has 0 heterocycles. The molecule has 0 bridgehead atoms. The van der Waals surface area contributed by atoms with Crippen LogP contribution in [0, 0.1) is 0 Å². The minimum absolute atomic E-state index is 0.515. The smallest absolute Gasteiger partial charge is 0.325 e. The van der Waals surface area contributed by atoms with E-state index in [9.17, 15) is 9.59 Å². The molecule has 2 atom stereocenters. The first-order valence-electron chi connectivity index (χ1n) is 5.24. The average Bonchev–Trinajstić information content (AvgIpc) is 2.29. The molecule has 0 fully saturated rings. The van der Waals surface area contributed by atoms with Crippen molar-refractivity contribution in [1.29, 1.82) is 0 Å². The number of carbonyl (C=O) groups excluding carboxylic acids is 1. The predicted octanol–water partition coefficient (Wildman–Crippen LogP) is 0.450. The number of carbonyl (C=O) groups is 2. The number of nitrogens with one attached hydrogen (secondary N) is 1. The molecule has 0 aromatic heterocycles. The maximum absolute atomic E-state index is 11.9. The van der Waals surface area contributed by atoms with Crippen molar-refractivity contribution in [3.05, 3.63) is 35.9 Å². The predicted molar refractivity (Wildman–Crippen MR) is 63.2 cm³/mol. The Labute approximate surface area is 99.6 Å². The first-order valence-corrected chi connectivity index (χ1v) is 5.24. The van der Waals surface area contributed by atoms with Gasteiger partial charge in [0.2, 0.25) is 5.91 Å². The van der Waals surface area contributed by atoms with E-state index in [0.717, 1.165) is 0 Å². The molecule has 5 heteroatoms. The van der Waals surface area contributed by atoms with Crippen LogP contribution in [0.4, 0.5) is 0 Å². The molecule has 0 aliphatic rings. The Balaban J connectivity index is 2.84. The van der Waals surface area contributed by atoms with Crippen LogP contribution in [0.25, 0.3) is 0 Å². The second-order valence-electron chi connectivity index (χ2n) is 4.10. The molecule has 0 saturated heterocycles. The van der Waals surface area contributed by atoms with Gasteiger partial charge in [-0.05, 0) is 19.4 Å². The summed E-state index contributed by atoms with van der Waals surface area (Å²) in [7, 11) is 0. The lowest BCUT2D eigenvalue weighted by atomic mass is 9.92. The van der Waals surface area contributed by atoms with Gasteiger partial charge in [-0.25, -0.2) is 0 Å². The second-order valence-corrected chi connectivity index (χ2v) is 4.10. The van der Waals surface area contributed by atoms with Gasteiger partial charge in [-0.3, -0.25) is 9.59 Å². The Kier molecular flexibility index (Phi) is 3.85. The molecule has 5 nitrogen and oxygen atoms in total. The Bertz CT molecular complexity index is 415. The molecule has 1 aromatic carbocycles. The lowest BCUT2D eigenvalue weighted by molar-refractivity contribution is -0.142. The minimum atomic E-state index is -1.25. The standard InChI is InChI=1S/C12H16N2O3/c1-8(10(15)16)14-11(17)12(2,13)9-6-4-3-5-7-9/h3-8H,13H2,1-2H3,(H,14,17)(H,15,16)/t8-,12?/m0/s1. The molecule has 1 rings (SSSR count).